The van der Waals surface area contributed by atoms with E-state index in [0.29, 0.717) is 17.9 Å². The van der Waals surface area contributed by atoms with E-state index in [2.05, 4.69) is 15.1 Å². The molecule has 1 aromatic rings. The van der Waals surface area contributed by atoms with Crippen molar-refractivity contribution in [3.05, 3.63) is 18.3 Å². The highest BCUT2D eigenvalue weighted by Gasteiger charge is 2.45. The van der Waals surface area contributed by atoms with Crippen LogP contribution in [0, 0.1) is 11.8 Å². The Morgan fingerprint density at radius 2 is 2.17 bits per heavy atom. The third-order valence-electron chi connectivity index (χ3n) is 5.14. The number of carbonyl (C=O) groups excluding carboxylic acids is 1. The lowest BCUT2D eigenvalue weighted by Gasteiger charge is -2.30. The predicted octanol–water partition coefficient (Wildman–Crippen LogP) is 1.01. The van der Waals surface area contributed by atoms with Crippen molar-refractivity contribution in [2.45, 2.75) is 31.7 Å². The zero-order valence-electron chi connectivity index (χ0n) is 13.3. The normalized spacial score (nSPS) is 26.1. The van der Waals surface area contributed by atoms with Crippen molar-refractivity contribution in [3.8, 4) is 0 Å². The number of carboxylic acid groups (broad SMARTS) is 1. The second-order valence-electron chi connectivity index (χ2n) is 6.45. The fourth-order valence-corrected chi connectivity index (χ4v) is 3.94. The summed E-state index contributed by atoms with van der Waals surface area (Å²) in [6.07, 6.45) is 3.86. The van der Waals surface area contributed by atoms with Gasteiger partial charge < -0.3 is 14.9 Å². The fraction of sp³-hybridized carbons (Fsp3) is 0.625. The summed E-state index contributed by atoms with van der Waals surface area (Å²) in [6.45, 7) is 1.48. The van der Waals surface area contributed by atoms with Gasteiger partial charge in [0.05, 0.1) is 6.42 Å². The van der Waals surface area contributed by atoms with Gasteiger partial charge in [-0.05, 0) is 30.9 Å². The number of likely N-dealkylation sites (tertiary alicyclic amines) is 1. The molecular formula is C16H22N4O3. The molecule has 0 aromatic carbocycles. The molecule has 7 heteroatoms. The second-order valence-corrected chi connectivity index (χ2v) is 6.45. The van der Waals surface area contributed by atoms with Crippen molar-refractivity contribution < 1.29 is 14.7 Å². The molecule has 1 aliphatic heterocycles. The number of carboxylic acids is 1. The van der Waals surface area contributed by atoms with Gasteiger partial charge >= 0.3 is 5.97 Å². The molecule has 2 heterocycles. The minimum atomic E-state index is -0.919. The average molecular weight is 318 g/mol. The molecule has 3 rings (SSSR count). The summed E-state index contributed by atoms with van der Waals surface area (Å²) in [5, 5.41) is 16.8. The van der Waals surface area contributed by atoms with E-state index in [0.717, 1.165) is 31.7 Å². The number of hydrogen-bond donors (Lipinski definition) is 1. The number of anilines is 1. The van der Waals surface area contributed by atoms with Crippen LogP contribution in [0.15, 0.2) is 18.3 Å². The van der Waals surface area contributed by atoms with Crippen LogP contribution < -0.4 is 4.90 Å². The van der Waals surface area contributed by atoms with Crippen LogP contribution in [0.5, 0.6) is 0 Å². The second kappa shape index (κ2) is 6.52. The molecule has 7 nitrogen and oxygen atoms in total. The molecule has 1 N–H and O–H groups in total. The number of hydrogen-bond acceptors (Lipinski definition) is 5. The molecule has 1 aromatic heterocycles. The molecule has 1 saturated carbocycles. The van der Waals surface area contributed by atoms with E-state index < -0.39 is 5.97 Å². The topological polar surface area (TPSA) is 86.6 Å². The van der Waals surface area contributed by atoms with Gasteiger partial charge in [-0.15, -0.1) is 5.10 Å². The number of amides is 1. The molecule has 2 fully saturated rings. The molecule has 0 bridgehead atoms. The highest BCUT2D eigenvalue weighted by Crippen LogP contribution is 2.41. The summed E-state index contributed by atoms with van der Waals surface area (Å²) in [5.41, 5.74) is 0. The molecular weight excluding hydrogens is 296 g/mol. The summed E-state index contributed by atoms with van der Waals surface area (Å²) in [4.78, 5) is 26.8. The van der Waals surface area contributed by atoms with Crippen LogP contribution >= 0.6 is 0 Å². The lowest BCUT2D eigenvalue weighted by Crippen LogP contribution is -2.39. The van der Waals surface area contributed by atoms with E-state index in [1.54, 1.807) is 6.20 Å². The zero-order chi connectivity index (χ0) is 16.4. The number of aromatic nitrogens is 2. The van der Waals surface area contributed by atoms with Crippen LogP contribution in [0.2, 0.25) is 0 Å². The van der Waals surface area contributed by atoms with Crippen molar-refractivity contribution in [1.82, 2.24) is 15.1 Å². The molecule has 1 aliphatic carbocycles. The number of nitrogens with zero attached hydrogens (tertiary/aromatic N) is 4. The van der Waals surface area contributed by atoms with E-state index in [1.165, 1.54) is 0 Å². The van der Waals surface area contributed by atoms with Crippen molar-refractivity contribution in [3.63, 3.8) is 0 Å². The summed E-state index contributed by atoms with van der Waals surface area (Å²) in [7, 11) is 2.03. The van der Waals surface area contributed by atoms with Gasteiger partial charge in [0.1, 0.15) is 0 Å². The van der Waals surface area contributed by atoms with Crippen LogP contribution in [0.1, 0.15) is 25.7 Å². The minimum absolute atomic E-state index is 0.0392. The standard InChI is InChI=1S/C16H22N4O3/c1-19(14-3-2-8-17-18-14)13-5-4-11-9-20(10-12(11)13)15(21)6-7-16(22)23/h2-3,8,11-13H,4-7,9-10H2,1H3,(H,22,23)/t11-,12+,13-/m1/s1. The van der Waals surface area contributed by atoms with E-state index in [9.17, 15) is 9.59 Å². The molecule has 0 radical (unpaired) electrons. The number of fused-ring (bicyclic) bond motifs is 1. The maximum atomic E-state index is 12.2. The highest BCUT2D eigenvalue weighted by atomic mass is 16.4. The van der Waals surface area contributed by atoms with Crippen LogP contribution in [0.3, 0.4) is 0 Å². The Morgan fingerprint density at radius 1 is 1.35 bits per heavy atom. The maximum Gasteiger partial charge on any atom is 0.303 e. The Hall–Kier alpha value is -2.18. The third-order valence-corrected chi connectivity index (χ3v) is 5.14. The summed E-state index contributed by atoms with van der Waals surface area (Å²) >= 11 is 0. The van der Waals surface area contributed by atoms with Crippen molar-refractivity contribution >= 4 is 17.7 Å². The van der Waals surface area contributed by atoms with Crippen LogP contribution in [-0.4, -0.2) is 58.3 Å². The summed E-state index contributed by atoms with van der Waals surface area (Å²) < 4.78 is 0. The van der Waals surface area contributed by atoms with Gasteiger partial charge in [0.2, 0.25) is 5.91 Å². The molecule has 23 heavy (non-hydrogen) atoms. The first-order valence-electron chi connectivity index (χ1n) is 8.06. The van der Waals surface area contributed by atoms with Gasteiger partial charge in [0.25, 0.3) is 0 Å². The Kier molecular flexibility index (Phi) is 4.45. The number of carbonyl (C=O) groups is 2. The molecule has 1 amide bonds. The Bertz CT molecular complexity index is 580. The zero-order valence-corrected chi connectivity index (χ0v) is 13.3. The van der Waals surface area contributed by atoms with Crippen molar-refractivity contribution in [1.29, 1.82) is 0 Å². The predicted molar refractivity (Wildman–Crippen MR) is 83.9 cm³/mol. The lowest BCUT2D eigenvalue weighted by atomic mass is 9.97. The van der Waals surface area contributed by atoms with Crippen LogP contribution in [0.25, 0.3) is 0 Å². The molecule has 124 valence electrons. The van der Waals surface area contributed by atoms with Gasteiger partial charge in [-0.1, -0.05) is 0 Å². The van der Waals surface area contributed by atoms with Crippen LogP contribution in [-0.2, 0) is 9.59 Å². The van der Waals surface area contributed by atoms with Gasteiger partial charge in [-0.2, -0.15) is 5.10 Å². The molecule has 3 atom stereocenters. The van der Waals surface area contributed by atoms with E-state index >= 15 is 0 Å². The molecule has 2 aliphatic rings. The van der Waals surface area contributed by atoms with Crippen LogP contribution in [0.4, 0.5) is 5.82 Å². The first-order valence-corrected chi connectivity index (χ1v) is 8.06. The maximum absolute atomic E-state index is 12.2. The van der Waals surface area contributed by atoms with Gasteiger partial charge in [0.15, 0.2) is 5.82 Å². The number of rotatable bonds is 5. The molecule has 0 spiro atoms. The smallest absolute Gasteiger partial charge is 0.303 e. The first kappa shape index (κ1) is 15.7. The average Bonchev–Trinajstić information content (AvgIpc) is 3.13. The van der Waals surface area contributed by atoms with E-state index in [-0.39, 0.29) is 18.7 Å². The third kappa shape index (κ3) is 3.28. The first-order chi connectivity index (χ1) is 11.1. The van der Waals surface area contributed by atoms with E-state index in [1.807, 2.05) is 24.1 Å². The Labute approximate surface area is 135 Å². The Morgan fingerprint density at radius 3 is 2.87 bits per heavy atom. The minimum Gasteiger partial charge on any atom is -0.481 e. The number of aliphatic carboxylic acids is 1. The molecule has 1 saturated heterocycles. The monoisotopic (exact) mass is 318 g/mol. The van der Waals surface area contributed by atoms with Gasteiger partial charge in [-0.3, -0.25) is 9.59 Å². The largest absolute Gasteiger partial charge is 0.481 e. The van der Waals surface area contributed by atoms with E-state index in [4.69, 9.17) is 5.11 Å². The summed E-state index contributed by atoms with van der Waals surface area (Å²) in [6, 6.07) is 4.18. The Balaban J connectivity index is 1.63. The summed E-state index contributed by atoms with van der Waals surface area (Å²) in [5.74, 6) is 0.832. The van der Waals surface area contributed by atoms with Gasteiger partial charge in [0, 0.05) is 44.7 Å². The fourth-order valence-electron chi connectivity index (χ4n) is 3.94. The lowest BCUT2D eigenvalue weighted by molar-refractivity contribution is -0.140. The van der Waals surface area contributed by atoms with Crippen molar-refractivity contribution in [2.75, 3.05) is 25.0 Å². The quantitative estimate of drug-likeness (QED) is 0.872. The SMILES string of the molecule is CN(c1cccnn1)[C@@H]1CC[C@@H]2CN(C(=O)CCC(=O)O)C[C@@H]21. The molecule has 0 unspecified atom stereocenters. The van der Waals surface area contributed by atoms with Gasteiger partial charge in [-0.25, -0.2) is 0 Å². The highest BCUT2D eigenvalue weighted by molar-refractivity contribution is 5.81. The van der Waals surface area contributed by atoms with Crippen molar-refractivity contribution in [2.24, 2.45) is 11.8 Å².